The van der Waals surface area contributed by atoms with E-state index in [2.05, 4.69) is 60.7 Å². The van der Waals surface area contributed by atoms with E-state index < -0.39 is 5.60 Å². The van der Waals surface area contributed by atoms with Crippen molar-refractivity contribution in [1.82, 2.24) is 15.1 Å². The molecule has 0 aromatic carbocycles. The molecule has 1 saturated heterocycles. The molecule has 4 saturated carbocycles. The van der Waals surface area contributed by atoms with E-state index in [1.807, 2.05) is 32.7 Å². The largest absolute Gasteiger partial charge is 0.444 e. The van der Waals surface area contributed by atoms with Gasteiger partial charge in [0, 0.05) is 38.6 Å². The van der Waals surface area contributed by atoms with E-state index in [1.54, 1.807) is 10.5 Å². The lowest BCUT2D eigenvalue weighted by Gasteiger charge is -2.72. The fourth-order valence-electron chi connectivity index (χ4n) is 13.3. The Kier molecular flexibility index (Phi) is 9.00. The summed E-state index contributed by atoms with van der Waals surface area (Å²) in [7, 11) is 1.83. The lowest BCUT2D eigenvalue weighted by molar-refractivity contribution is -0.219. The number of urea groups is 1. The van der Waals surface area contributed by atoms with Crippen LogP contribution in [0.25, 0.3) is 0 Å². The molecule has 49 heavy (non-hydrogen) atoms. The Balaban J connectivity index is 1.24. The summed E-state index contributed by atoms with van der Waals surface area (Å²) in [5.41, 5.74) is 2.73. The van der Waals surface area contributed by atoms with Gasteiger partial charge in [0.2, 0.25) is 0 Å². The van der Waals surface area contributed by atoms with Crippen molar-refractivity contribution in [3.8, 4) is 0 Å². The fourth-order valence-corrected chi connectivity index (χ4v) is 13.3. The van der Waals surface area contributed by atoms with Crippen LogP contribution in [0.2, 0.25) is 0 Å². The smallest absolute Gasteiger partial charge is 0.410 e. The SMILES string of the molecule is CC(C)C1=C2[C@H]3CC[C@@H]4[C@@]5(C)C(NC(=O)N6CCC(N(C)C(=O)OC(C)(C)C)CC6)CCC(C)(C)[C@@H]5CC[C@@]4(C)[C@]3(C)CC[C@@]2(C)CC1=O. The molecule has 6 rings (SSSR count). The van der Waals surface area contributed by atoms with Crippen LogP contribution >= 0.6 is 0 Å². The first kappa shape index (κ1) is 36.7. The fraction of sp³-hybridized carbons (Fsp3) is 0.881. The summed E-state index contributed by atoms with van der Waals surface area (Å²) < 4.78 is 5.62. The lowest BCUT2D eigenvalue weighted by atomic mass is 9.32. The van der Waals surface area contributed by atoms with Crippen molar-refractivity contribution in [1.29, 1.82) is 0 Å². The zero-order valence-corrected chi connectivity index (χ0v) is 33.2. The molecule has 276 valence electrons. The molecular formula is C42H69N3O4. The van der Waals surface area contributed by atoms with Gasteiger partial charge in [-0.2, -0.15) is 0 Å². The molecule has 0 spiro atoms. The van der Waals surface area contributed by atoms with Crippen molar-refractivity contribution in [3.05, 3.63) is 11.1 Å². The van der Waals surface area contributed by atoms with E-state index in [0.717, 1.165) is 38.5 Å². The molecule has 0 aromatic rings. The zero-order chi connectivity index (χ0) is 36.1. The standard InChI is InChI=1S/C42H69N3O4/c1-26(2)33-29(46)25-39(8)21-22-40(9)28(34(33)39)13-14-31-41(40,10)20-15-30-38(6,7)19-16-32(42(30,31)11)43-35(47)45-23-17-27(18-24-45)44(12)36(48)49-37(3,4)5/h26-28,30-32H,13-25H2,1-12H3,(H,43,47)/t28-,30+,31+,32?,39+,40-,41-,42+/m1/s1. The molecule has 1 aliphatic heterocycles. The maximum Gasteiger partial charge on any atom is 0.410 e. The first-order valence-electron chi connectivity index (χ1n) is 19.9. The number of carbonyl (C=O) groups is 3. The highest BCUT2D eigenvalue weighted by Crippen LogP contribution is 2.76. The summed E-state index contributed by atoms with van der Waals surface area (Å²) in [6, 6.07) is 0.280. The van der Waals surface area contributed by atoms with Crippen LogP contribution in [0.4, 0.5) is 9.59 Å². The van der Waals surface area contributed by atoms with E-state index in [-0.39, 0.29) is 57.2 Å². The van der Waals surface area contributed by atoms with Gasteiger partial charge in [-0.1, -0.05) is 61.0 Å². The summed E-state index contributed by atoms with van der Waals surface area (Å²) in [5, 5.41) is 3.70. The normalized spacial score (nSPS) is 40.7. The third-order valence-corrected chi connectivity index (χ3v) is 16.0. The minimum atomic E-state index is -0.526. The number of ketones is 1. The van der Waals surface area contributed by atoms with Gasteiger partial charge in [0.05, 0.1) is 0 Å². The van der Waals surface area contributed by atoms with Crippen LogP contribution in [0.5, 0.6) is 0 Å². The predicted molar refractivity (Wildman–Crippen MR) is 196 cm³/mol. The Morgan fingerprint density at radius 3 is 2.12 bits per heavy atom. The highest BCUT2D eigenvalue weighted by Gasteiger charge is 2.70. The molecule has 8 atom stereocenters. The van der Waals surface area contributed by atoms with Gasteiger partial charge in [-0.3, -0.25) is 4.79 Å². The van der Waals surface area contributed by atoms with Gasteiger partial charge in [-0.15, -0.1) is 0 Å². The number of likely N-dealkylation sites (tertiary alicyclic amines) is 1. The van der Waals surface area contributed by atoms with Crippen molar-refractivity contribution in [2.75, 3.05) is 20.1 Å². The van der Waals surface area contributed by atoms with Gasteiger partial charge in [0.1, 0.15) is 5.60 Å². The van der Waals surface area contributed by atoms with Crippen LogP contribution < -0.4 is 5.32 Å². The highest BCUT2D eigenvalue weighted by molar-refractivity contribution is 6.00. The second-order valence-corrected chi connectivity index (χ2v) is 20.5. The van der Waals surface area contributed by atoms with Crippen molar-refractivity contribution in [2.45, 2.75) is 164 Å². The van der Waals surface area contributed by atoms with Crippen LogP contribution in [-0.2, 0) is 9.53 Å². The Labute approximate surface area is 298 Å². The van der Waals surface area contributed by atoms with Crippen molar-refractivity contribution >= 4 is 17.9 Å². The van der Waals surface area contributed by atoms with Crippen LogP contribution in [0.15, 0.2) is 11.1 Å². The number of nitrogens with one attached hydrogen (secondary N) is 1. The Morgan fingerprint density at radius 2 is 1.51 bits per heavy atom. The number of hydrogen-bond acceptors (Lipinski definition) is 4. The summed E-state index contributed by atoms with van der Waals surface area (Å²) >= 11 is 0. The summed E-state index contributed by atoms with van der Waals surface area (Å²) in [6.07, 6.45) is 11.2. The minimum absolute atomic E-state index is 0.00481. The number of amides is 3. The van der Waals surface area contributed by atoms with Crippen molar-refractivity contribution in [3.63, 3.8) is 0 Å². The maximum atomic E-state index is 14.1. The first-order chi connectivity index (χ1) is 22.6. The molecule has 7 heteroatoms. The summed E-state index contributed by atoms with van der Waals surface area (Å²) in [6.45, 7) is 26.6. The van der Waals surface area contributed by atoms with E-state index in [4.69, 9.17) is 4.74 Å². The van der Waals surface area contributed by atoms with Gasteiger partial charge in [-0.25, -0.2) is 9.59 Å². The minimum Gasteiger partial charge on any atom is -0.444 e. The zero-order valence-electron chi connectivity index (χ0n) is 33.2. The average molecular weight is 680 g/mol. The first-order valence-corrected chi connectivity index (χ1v) is 19.9. The summed E-state index contributed by atoms with van der Waals surface area (Å²) in [4.78, 5) is 44.1. The van der Waals surface area contributed by atoms with Crippen LogP contribution in [-0.4, -0.2) is 65.5 Å². The predicted octanol–water partition coefficient (Wildman–Crippen LogP) is 9.40. The van der Waals surface area contributed by atoms with E-state index in [1.165, 1.54) is 31.3 Å². The Morgan fingerprint density at radius 1 is 0.857 bits per heavy atom. The number of fused-ring (bicyclic) bond motifs is 7. The number of rotatable bonds is 3. The molecule has 1 N–H and O–H groups in total. The quantitative estimate of drug-likeness (QED) is 0.322. The van der Waals surface area contributed by atoms with E-state index in [9.17, 15) is 14.4 Å². The molecule has 6 aliphatic rings. The molecular weight excluding hydrogens is 610 g/mol. The molecule has 0 radical (unpaired) electrons. The number of allylic oxidation sites excluding steroid dienone is 2. The average Bonchev–Trinajstić information content (AvgIpc) is 3.28. The molecule has 0 aromatic heterocycles. The molecule has 7 nitrogen and oxygen atoms in total. The van der Waals surface area contributed by atoms with Gasteiger partial charge in [-0.05, 0) is 141 Å². The molecule has 1 unspecified atom stereocenters. The van der Waals surface area contributed by atoms with Crippen molar-refractivity contribution < 1.29 is 19.1 Å². The molecule has 5 fully saturated rings. The molecule has 5 aliphatic carbocycles. The third-order valence-electron chi connectivity index (χ3n) is 16.0. The Bertz CT molecular complexity index is 1390. The van der Waals surface area contributed by atoms with Gasteiger partial charge in [0.25, 0.3) is 0 Å². The van der Waals surface area contributed by atoms with E-state index >= 15 is 0 Å². The van der Waals surface area contributed by atoms with Gasteiger partial charge in [0.15, 0.2) is 5.78 Å². The van der Waals surface area contributed by atoms with Gasteiger partial charge >= 0.3 is 12.1 Å². The van der Waals surface area contributed by atoms with Crippen LogP contribution in [0.1, 0.15) is 147 Å². The Hall–Kier alpha value is -2.05. The summed E-state index contributed by atoms with van der Waals surface area (Å²) in [5.74, 6) is 2.24. The second-order valence-electron chi connectivity index (χ2n) is 20.5. The monoisotopic (exact) mass is 680 g/mol. The molecule has 1 heterocycles. The van der Waals surface area contributed by atoms with E-state index in [0.29, 0.717) is 43.0 Å². The van der Waals surface area contributed by atoms with Crippen LogP contribution in [0, 0.1) is 50.7 Å². The topological polar surface area (TPSA) is 79.0 Å². The third kappa shape index (κ3) is 5.69. The lowest BCUT2D eigenvalue weighted by Crippen LogP contribution is -2.69. The number of carbonyl (C=O) groups excluding carboxylic acids is 3. The number of hydrogen-bond donors (Lipinski definition) is 1. The number of Topliss-reactive ketones (excluding diaryl/α,β-unsaturated/α-hetero) is 1. The van der Waals surface area contributed by atoms with Gasteiger partial charge < -0.3 is 19.9 Å². The number of piperidine rings is 1. The molecule has 0 bridgehead atoms. The number of ether oxygens (including phenoxy) is 1. The number of nitrogens with zero attached hydrogens (tertiary/aromatic N) is 2. The maximum absolute atomic E-state index is 14.1. The second kappa shape index (κ2) is 12.0. The van der Waals surface area contributed by atoms with Crippen LogP contribution in [0.3, 0.4) is 0 Å². The van der Waals surface area contributed by atoms with Crippen molar-refractivity contribution in [2.24, 2.45) is 50.7 Å². The molecule has 3 amide bonds. The highest BCUT2D eigenvalue weighted by atomic mass is 16.6.